The highest BCUT2D eigenvalue weighted by Gasteiger charge is 2.18. The van der Waals surface area contributed by atoms with E-state index in [2.05, 4.69) is 0 Å². The van der Waals surface area contributed by atoms with Crippen LogP contribution in [0.4, 0.5) is 0 Å². The first-order chi connectivity index (χ1) is 8.51. The van der Waals surface area contributed by atoms with Crippen molar-refractivity contribution in [2.75, 3.05) is 26.5 Å². The minimum absolute atomic E-state index is 0.0785. The number of ether oxygens (including phenoxy) is 1. The second kappa shape index (κ2) is 6.72. The third kappa shape index (κ3) is 3.97. The lowest BCUT2D eigenvalue weighted by molar-refractivity contribution is 0.398. The predicted molar refractivity (Wildman–Crippen MR) is 71.9 cm³/mol. The molecule has 0 unspecified atom stereocenters. The van der Waals surface area contributed by atoms with Gasteiger partial charge in [-0.15, -0.1) is 0 Å². The van der Waals surface area contributed by atoms with Gasteiger partial charge in [0.1, 0.15) is 5.75 Å². The van der Waals surface area contributed by atoms with Gasteiger partial charge in [0.15, 0.2) is 0 Å². The quantitative estimate of drug-likeness (QED) is 0.797. The molecule has 6 heteroatoms. The SMILES string of the molecule is COc1ccccc1CN(C)S(=O)(=O)CCCN. The smallest absolute Gasteiger partial charge is 0.214 e. The molecule has 1 rings (SSSR count). The van der Waals surface area contributed by atoms with Gasteiger partial charge in [-0.1, -0.05) is 18.2 Å². The molecule has 0 aliphatic heterocycles. The van der Waals surface area contributed by atoms with E-state index in [-0.39, 0.29) is 5.75 Å². The molecule has 0 aromatic heterocycles. The average molecular weight is 272 g/mol. The van der Waals surface area contributed by atoms with Gasteiger partial charge in [-0.25, -0.2) is 12.7 Å². The maximum absolute atomic E-state index is 11.9. The monoisotopic (exact) mass is 272 g/mol. The Bertz CT molecular complexity index is 474. The van der Waals surface area contributed by atoms with Crippen LogP contribution in [0, 0.1) is 0 Å². The van der Waals surface area contributed by atoms with Crippen molar-refractivity contribution in [3.05, 3.63) is 29.8 Å². The Morgan fingerprint density at radius 2 is 2.00 bits per heavy atom. The molecule has 0 amide bonds. The van der Waals surface area contributed by atoms with E-state index in [4.69, 9.17) is 10.5 Å². The number of methoxy groups -OCH3 is 1. The van der Waals surface area contributed by atoms with Crippen LogP contribution in [0.25, 0.3) is 0 Å². The molecule has 1 aromatic carbocycles. The van der Waals surface area contributed by atoms with Gasteiger partial charge in [-0.2, -0.15) is 0 Å². The molecule has 1 aromatic rings. The van der Waals surface area contributed by atoms with Crippen LogP contribution >= 0.6 is 0 Å². The lowest BCUT2D eigenvalue weighted by atomic mass is 10.2. The van der Waals surface area contributed by atoms with E-state index < -0.39 is 10.0 Å². The van der Waals surface area contributed by atoms with E-state index >= 15 is 0 Å². The van der Waals surface area contributed by atoms with Crippen molar-refractivity contribution in [2.24, 2.45) is 5.73 Å². The summed E-state index contributed by atoms with van der Waals surface area (Å²) in [6.07, 6.45) is 0.471. The van der Waals surface area contributed by atoms with Crippen LogP contribution in [0.5, 0.6) is 5.75 Å². The molecule has 0 atom stereocenters. The van der Waals surface area contributed by atoms with E-state index in [9.17, 15) is 8.42 Å². The summed E-state index contributed by atoms with van der Waals surface area (Å²) in [7, 11) is -0.109. The van der Waals surface area contributed by atoms with Crippen LogP contribution in [0.2, 0.25) is 0 Å². The second-order valence-corrected chi connectivity index (χ2v) is 6.22. The fraction of sp³-hybridized carbons (Fsp3) is 0.500. The molecular formula is C12H20N2O3S. The van der Waals surface area contributed by atoms with Crippen LogP contribution in [0.1, 0.15) is 12.0 Å². The number of hydrogen-bond donors (Lipinski definition) is 1. The first-order valence-corrected chi connectivity index (χ1v) is 7.38. The Morgan fingerprint density at radius 3 is 2.61 bits per heavy atom. The fourth-order valence-electron chi connectivity index (χ4n) is 1.59. The largest absolute Gasteiger partial charge is 0.496 e. The van der Waals surface area contributed by atoms with E-state index in [1.54, 1.807) is 14.2 Å². The van der Waals surface area contributed by atoms with E-state index in [1.165, 1.54) is 4.31 Å². The molecular weight excluding hydrogens is 252 g/mol. The third-order valence-corrected chi connectivity index (χ3v) is 4.55. The summed E-state index contributed by atoms with van der Waals surface area (Å²) in [6.45, 7) is 0.679. The van der Waals surface area contributed by atoms with Gasteiger partial charge in [-0.05, 0) is 19.0 Å². The molecule has 0 radical (unpaired) electrons. The summed E-state index contributed by atoms with van der Waals surface area (Å²) in [5.41, 5.74) is 6.18. The van der Waals surface area contributed by atoms with Gasteiger partial charge >= 0.3 is 0 Å². The Labute approximate surface area is 109 Å². The van der Waals surface area contributed by atoms with Crippen LogP contribution in [-0.4, -0.2) is 39.2 Å². The van der Waals surface area contributed by atoms with Gasteiger partial charge in [0, 0.05) is 19.2 Å². The first kappa shape index (κ1) is 14.9. The number of benzene rings is 1. The molecule has 102 valence electrons. The average Bonchev–Trinajstić information content (AvgIpc) is 2.37. The first-order valence-electron chi connectivity index (χ1n) is 5.77. The van der Waals surface area contributed by atoms with Crippen molar-refractivity contribution in [3.63, 3.8) is 0 Å². The molecule has 0 spiro atoms. The summed E-state index contributed by atoms with van der Waals surface area (Å²) < 4.78 is 30.4. The molecule has 0 saturated carbocycles. The second-order valence-electron chi connectivity index (χ2n) is 4.03. The zero-order chi connectivity index (χ0) is 13.6. The maximum atomic E-state index is 11.9. The fourth-order valence-corrected chi connectivity index (χ4v) is 2.77. The summed E-state index contributed by atoms with van der Waals surface area (Å²) in [5, 5.41) is 0. The zero-order valence-corrected chi connectivity index (χ0v) is 11.6. The predicted octanol–water partition coefficient (Wildman–Crippen LogP) is 0.806. The molecule has 0 aliphatic rings. The molecule has 0 heterocycles. The highest BCUT2D eigenvalue weighted by Crippen LogP contribution is 2.19. The number of sulfonamides is 1. The van der Waals surface area contributed by atoms with Gasteiger partial charge < -0.3 is 10.5 Å². The van der Waals surface area contributed by atoms with E-state index in [0.29, 0.717) is 25.3 Å². The number of para-hydroxylation sites is 1. The molecule has 2 N–H and O–H groups in total. The topological polar surface area (TPSA) is 72.6 Å². The summed E-state index contributed by atoms with van der Waals surface area (Å²) in [6, 6.07) is 7.38. The molecule has 0 bridgehead atoms. The van der Waals surface area contributed by atoms with E-state index in [1.807, 2.05) is 24.3 Å². The Hall–Kier alpha value is -1.11. The van der Waals surface area contributed by atoms with Crippen molar-refractivity contribution >= 4 is 10.0 Å². The molecule has 0 fully saturated rings. The van der Waals surface area contributed by atoms with Crippen molar-refractivity contribution in [1.82, 2.24) is 4.31 Å². The van der Waals surface area contributed by atoms with Crippen molar-refractivity contribution < 1.29 is 13.2 Å². The normalized spacial score (nSPS) is 11.8. The molecule has 5 nitrogen and oxygen atoms in total. The van der Waals surface area contributed by atoms with E-state index in [0.717, 1.165) is 5.56 Å². The highest BCUT2D eigenvalue weighted by atomic mass is 32.2. The third-order valence-electron chi connectivity index (χ3n) is 2.67. The lowest BCUT2D eigenvalue weighted by Crippen LogP contribution is -2.29. The summed E-state index contributed by atoms with van der Waals surface area (Å²) in [4.78, 5) is 0. The Morgan fingerprint density at radius 1 is 1.33 bits per heavy atom. The van der Waals surface area contributed by atoms with Gasteiger partial charge in [-0.3, -0.25) is 0 Å². The van der Waals surface area contributed by atoms with Crippen LogP contribution in [-0.2, 0) is 16.6 Å². The summed E-state index contributed by atoms with van der Waals surface area (Å²) in [5.74, 6) is 0.771. The Kier molecular flexibility index (Phi) is 5.58. The minimum atomic E-state index is -3.25. The Balaban J connectivity index is 2.78. The van der Waals surface area contributed by atoms with Crippen LogP contribution in [0.15, 0.2) is 24.3 Å². The summed E-state index contributed by atoms with van der Waals surface area (Å²) >= 11 is 0. The van der Waals surface area contributed by atoms with Crippen molar-refractivity contribution in [1.29, 1.82) is 0 Å². The molecule has 0 saturated heterocycles. The number of rotatable bonds is 7. The zero-order valence-electron chi connectivity index (χ0n) is 10.8. The van der Waals surface area contributed by atoms with Gasteiger partial charge in [0.2, 0.25) is 10.0 Å². The van der Waals surface area contributed by atoms with Crippen molar-refractivity contribution in [2.45, 2.75) is 13.0 Å². The van der Waals surface area contributed by atoms with Gasteiger partial charge in [0.25, 0.3) is 0 Å². The molecule has 18 heavy (non-hydrogen) atoms. The number of hydrogen-bond acceptors (Lipinski definition) is 4. The number of nitrogens with zero attached hydrogens (tertiary/aromatic N) is 1. The molecule has 0 aliphatic carbocycles. The maximum Gasteiger partial charge on any atom is 0.214 e. The van der Waals surface area contributed by atoms with Crippen molar-refractivity contribution in [3.8, 4) is 5.75 Å². The lowest BCUT2D eigenvalue weighted by Gasteiger charge is -2.18. The standard InChI is InChI=1S/C12H20N2O3S/c1-14(18(15,16)9-5-8-13)10-11-6-3-4-7-12(11)17-2/h3-4,6-7H,5,8-10,13H2,1-2H3. The number of nitrogens with two attached hydrogens (primary N) is 1. The van der Waals surface area contributed by atoms with Gasteiger partial charge in [0.05, 0.1) is 12.9 Å². The van der Waals surface area contributed by atoms with Crippen LogP contribution in [0.3, 0.4) is 0 Å². The van der Waals surface area contributed by atoms with Crippen LogP contribution < -0.4 is 10.5 Å². The highest BCUT2D eigenvalue weighted by molar-refractivity contribution is 7.89. The minimum Gasteiger partial charge on any atom is -0.496 e.